The molecule has 14 nitrogen and oxygen atoms in total. The van der Waals surface area contributed by atoms with Gasteiger partial charge in [0.2, 0.25) is 0 Å². The fraction of sp³-hybridized carbons (Fsp3) is 0.744. The van der Waals surface area contributed by atoms with Gasteiger partial charge in [-0.3, -0.25) is 4.79 Å². The van der Waals surface area contributed by atoms with Gasteiger partial charge in [-0.2, -0.15) is 10.4 Å². The number of morpholine rings is 1. The molecule has 9 rings (SSSR count). The Morgan fingerprint density at radius 1 is 0.962 bits per heavy atom. The van der Waals surface area contributed by atoms with Crippen LogP contribution in [-0.2, 0) is 14.3 Å². The van der Waals surface area contributed by atoms with Crippen molar-refractivity contribution < 1.29 is 19.1 Å². The average Bonchev–Trinajstić information content (AvgIpc) is 4.03. The lowest BCUT2D eigenvalue weighted by Gasteiger charge is -2.38. The number of likely N-dealkylation sites (N-methyl/N-ethyl adjacent to an activating group) is 2. The largest absolute Gasteiger partial charge is 0.444 e. The van der Waals surface area contributed by atoms with Crippen LogP contribution in [0, 0.1) is 27.6 Å². The SMILES string of the molecule is CC(C)(C)OC(=O)NC1CNCC12CC2.CN1CC(N)C2(CC2)C1.C[C@@H]1CN(c2ccc(C#N)n3nccc23)CC(C(=O)NC2CN(C)CC23CC3)O1. The normalized spacial score (nSPS) is 30.3. The lowest BCUT2D eigenvalue weighted by atomic mass is 10.0. The van der Waals surface area contributed by atoms with Crippen molar-refractivity contribution in [3.05, 3.63) is 30.1 Å². The van der Waals surface area contributed by atoms with E-state index in [4.69, 9.17) is 15.2 Å². The Morgan fingerprint density at radius 2 is 1.64 bits per heavy atom. The van der Waals surface area contributed by atoms with Gasteiger partial charge in [0.25, 0.3) is 5.91 Å². The summed E-state index contributed by atoms with van der Waals surface area (Å²) in [6, 6.07) is 8.72. The average molecular weight is 733 g/mol. The molecular formula is C39H60N10O4. The van der Waals surface area contributed by atoms with Gasteiger partial charge in [0, 0.05) is 68.7 Å². The first kappa shape index (κ1) is 37.8. The van der Waals surface area contributed by atoms with E-state index >= 15 is 0 Å². The van der Waals surface area contributed by atoms with Crippen LogP contribution in [0.1, 0.15) is 71.9 Å². The van der Waals surface area contributed by atoms with Crippen LogP contribution in [0.15, 0.2) is 24.4 Å². The zero-order valence-corrected chi connectivity index (χ0v) is 32.5. The van der Waals surface area contributed by atoms with Crippen molar-refractivity contribution in [1.29, 1.82) is 5.26 Å². The Kier molecular flexibility index (Phi) is 10.2. The molecule has 4 aliphatic heterocycles. The van der Waals surface area contributed by atoms with E-state index in [0.717, 1.165) is 43.9 Å². The molecular weight excluding hydrogens is 672 g/mol. The van der Waals surface area contributed by atoms with Crippen molar-refractivity contribution in [3.8, 4) is 6.07 Å². The second-order valence-corrected chi connectivity index (χ2v) is 18.2. The molecule has 7 fully saturated rings. The molecule has 5 atom stereocenters. The molecule has 2 amide bonds. The van der Waals surface area contributed by atoms with Crippen molar-refractivity contribution in [2.24, 2.45) is 22.0 Å². The summed E-state index contributed by atoms with van der Waals surface area (Å²) in [4.78, 5) is 31.5. The molecule has 3 spiro atoms. The maximum Gasteiger partial charge on any atom is 0.407 e. The molecule has 0 aromatic carbocycles. The van der Waals surface area contributed by atoms with Crippen LogP contribution in [0.2, 0.25) is 0 Å². The maximum atomic E-state index is 13.1. The summed E-state index contributed by atoms with van der Waals surface area (Å²) in [5.74, 6) is -0.0219. The molecule has 2 aromatic rings. The first-order chi connectivity index (χ1) is 25.1. The number of rotatable bonds is 4. The Labute approximate surface area is 314 Å². The van der Waals surface area contributed by atoms with E-state index in [9.17, 15) is 14.9 Å². The maximum absolute atomic E-state index is 13.1. The first-order valence-electron chi connectivity index (χ1n) is 19.5. The number of hydrogen-bond donors (Lipinski definition) is 4. The zero-order valence-electron chi connectivity index (χ0n) is 32.5. The van der Waals surface area contributed by atoms with Gasteiger partial charge in [-0.05, 0) is 104 Å². The summed E-state index contributed by atoms with van der Waals surface area (Å²) in [6.07, 6.45) is 8.40. The summed E-state index contributed by atoms with van der Waals surface area (Å²) in [7, 11) is 4.28. The number of nitrogens with zero attached hydrogens (tertiary/aromatic N) is 6. The second kappa shape index (κ2) is 14.3. The Balaban J connectivity index is 0.000000149. The molecule has 2 aromatic heterocycles. The van der Waals surface area contributed by atoms with E-state index in [1.54, 1.807) is 16.8 Å². The molecule has 4 saturated heterocycles. The van der Waals surface area contributed by atoms with E-state index in [-0.39, 0.29) is 35.6 Å². The molecule has 0 radical (unpaired) electrons. The van der Waals surface area contributed by atoms with Crippen LogP contribution in [0.25, 0.3) is 5.52 Å². The number of hydrogen-bond acceptors (Lipinski definition) is 11. The number of nitriles is 1. The van der Waals surface area contributed by atoms with E-state index in [1.807, 2.05) is 39.8 Å². The summed E-state index contributed by atoms with van der Waals surface area (Å²) in [5.41, 5.74) is 9.04. The van der Waals surface area contributed by atoms with Crippen LogP contribution in [0.3, 0.4) is 0 Å². The van der Waals surface area contributed by atoms with E-state index < -0.39 is 11.7 Å². The lowest BCUT2D eigenvalue weighted by molar-refractivity contribution is -0.138. The molecule has 290 valence electrons. The number of ether oxygens (including phenoxy) is 2. The Hall–Kier alpha value is -3.48. The van der Waals surface area contributed by atoms with Crippen molar-refractivity contribution in [1.82, 2.24) is 35.4 Å². The standard InChI is InChI=1S/C21H26N6O2.C11H20N2O2.C7H14N2/c1-14-10-26(16-4-3-15(9-22)27-17(16)5-8-23-27)11-18(29-14)20(28)24-19-12-25(2)13-21(19)6-7-21;1-10(2,3)15-9(14)13-8-6-12-7-11(8)4-5-11;1-9-4-6(8)7(5-9)2-3-7/h3-5,8,14,18-19H,6-7,10-13H2,1-2H3,(H,24,28);8,12H,4-7H2,1-3H3,(H,13,14);6H,2-5,8H2,1H3/t14-,18?,19?;;/m1../s1. The number of anilines is 1. The molecule has 53 heavy (non-hydrogen) atoms. The van der Waals surface area contributed by atoms with Crippen LogP contribution < -0.4 is 26.6 Å². The molecule has 6 heterocycles. The Morgan fingerprint density at radius 3 is 2.25 bits per heavy atom. The van der Waals surface area contributed by atoms with Crippen LogP contribution in [0.5, 0.6) is 0 Å². The number of amides is 2. The summed E-state index contributed by atoms with van der Waals surface area (Å²) in [5, 5.41) is 23.2. The van der Waals surface area contributed by atoms with Gasteiger partial charge < -0.3 is 45.9 Å². The molecule has 7 aliphatic rings. The van der Waals surface area contributed by atoms with Gasteiger partial charge >= 0.3 is 6.09 Å². The van der Waals surface area contributed by atoms with Gasteiger partial charge in [-0.15, -0.1) is 0 Å². The topological polar surface area (TPSA) is 166 Å². The van der Waals surface area contributed by atoms with Gasteiger partial charge in [0.1, 0.15) is 17.4 Å². The highest BCUT2D eigenvalue weighted by molar-refractivity contribution is 5.83. The third-order valence-corrected chi connectivity index (χ3v) is 12.5. The van der Waals surface area contributed by atoms with Crippen molar-refractivity contribution >= 4 is 23.2 Å². The van der Waals surface area contributed by atoms with Crippen LogP contribution in [-0.4, -0.2) is 134 Å². The number of likely N-dealkylation sites (tertiary alicyclic amines) is 2. The third kappa shape index (κ3) is 8.29. The van der Waals surface area contributed by atoms with E-state index in [2.05, 4.69) is 55.9 Å². The fourth-order valence-electron chi connectivity index (χ4n) is 9.08. The fourth-order valence-corrected chi connectivity index (χ4v) is 9.08. The van der Waals surface area contributed by atoms with E-state index in [0.29, 0.717) is 35.7 Å². The van der Waals surface area contributed by atoms with Gasteiger partial charge in [-0.1, -0.05) is 0 Å². The highest BCUT2D eigenvalue weighted by atomic mass is 16.6. The number of carbonyl (C=O) groups excluding carboxylic acids is 2. The first-order valence-corrected chi connectivity index (χ1v) is 19.5. The molecule has 0 bridgehead atoms. The zero-order chi connectivity index (χ0) is 37.8. The highest BCUT2D eigenvalue weighted by Gasteiger charge is 2.55. The minimum Gasteiger partial charge on any atom is -0.444 e. The second-order valence-electron chi connectivity index (χ2n) is 18.2. The number of nitrogens with one attached hydrogen (secondary N) is 3. The van der Waals surface area contributed by atoms with Gasteiger partial charge in [-0.25, -0.2) is 9.31 Å². The molecule has 14 heteroatoms. The number of aromatic nitrogens is 2. The Bertz CT molecular complexity index is 1700. The predicted molar refractivity (Wildman–Crippen MR) is 202 cm³/mol. The summed E-state index contributed by atoms with van der Waals surface area (Å²) >= 11 is 0. The monoisotopic (exact) mass is 732 g/mol. The quantitative estimate of drug-likeness (QED) is 0.365. The minimum atomic E-state index is -0.515. The van der Waals surface area contributed by atoms with Crippen molar-refractivity contribution in [3.63, 3.8) is 0 Å². The van der Waals surface area contributed by atoms with Crippen molar-refractivity contribution in [2.45, 2.75) is 102 Å². The molecule has 4 unspecified atom stereocenters. The molecule has 3 aliphatic carbocycles. The van der Waals surface area contributed by atoms with Crippen molar-refractivity contribution in [2.75, 3.05) is 71.4 Å². The lowest BCUT2D eigenvalue weighted by Crippen LogP contribution is -2.55. The molecule has 5 N–H and O–H groups in total. The number of pyridine rings is 1. The van der Waals surface area contributed by atoms with Crippen LogP contribution in [0.4, 0.5) is 10.5 Å². The van der Waals surface area contributed by atoms with E-state index in [1.165, 1.54) is 45.1 Å². The van der Waals surface area contributed by atoms with Gasteiger partial charge in [0.05, 0.1) is 36.1 Å². The predicted octanol–water partition coefficient (Wildman–Crippen LogP) is 2.31. The molecule has 3 saturated carbocycles. The smallest absolute Gasteiger partial charge is 0.407 e. The summed E-state index contributed by atoms with van der Waals surface area (Å²) < 4.78 is 12.9. The van der Waals surface area contributed by atoms with Crippen LogP contribution >= 0.6 is 0 Å². The third-order valence-electron chi connectivity index (χ3n) is 12.5. The number of alkyl carbamates (subject to hydrolysis) is 1. The minimum absolute atomic E-state index is 0.0219. The number of fused-ring (bicyclic) bond motifs is 1. The number of carbonyl (C=O) groups is 2. The highest BCUT2D eigenvalue weighted by Crippen LogP contribution is 2.53. The van der Waals surface area contributed by atoms with Gasteiger partial charge in [0.15, 0.2) is 6.10 Å². The summed E-state index contributed by atoms with van der Waals surface area (Å²) in [6.45, 7) is 15.0. The number of nitrogens with two attached hydrogens (primary N) is 1.